The Bertz CT molecular complexity index is 1230. The summed E-state index contributed by atoms with van der Waals surface area (Å²) in [5.41, 5.74) is 1.58. The van der Waals surface area contributed by atoms with Gasteiger partial charge in [0.25, 0.3) is 11.5 Å². The molecule has 2 aromatic rings. The molecular weight excluding hydrogens is 460 g/mol. The van der Waals surface area contributed by atoms with Gasteiger partial charge in [0.1, 0.15) is 15.8 Å². The van der Waals surface area contributed by atoms with Gasteiger partial charge in [-0.3, -0.25) is 23.7 Å². The van der Waals surface area contributed by atoms with Crippen molar-refractivity contribution in [3.63, 3.8) is 0 Å². The summed E-state index contributed by atoms with van der Waals surface area (Å²) >= 11 is 6.39. The predicted molar refractivity (Wildman–Crippen MR) is 133 cm³/mol. The molecule has 0 aliphatic carbocycles. The quantitative estimate of drug-likeness (QED) is 0.509. The number of pyridine rings is 1. The van der Waals surface area contributed by atoms with Crippen LogP contribution in [0.3, 0.4) is 0 Å². The lowest BCUT2D eigenvalue weighted by atomic mass is 9.91. The van der Waals surface area contributed by atoms with E-state index in [0.29, 0.717) is 38.1 Å². The van der Waals surface area contributed by atoms with Gasteiger partial charge in [0.15, 0.2) is 0 Å². The second-order valence-corrected chi connectivity index (χ2v) is 10.5. The first-order chi connectivity index (χ1) is 15.7. The zero-order chi connectivity index (χ0) is 23.9. The number of carboxylic acids is 1. The maximum absolute atomic E-state index is 13.6. The van der Waals surface area contributed by atoms with Crippen LogP contribution in [0.1, 0.15) is 37.8 Å². The number of anilines is 1. The average Bonchev–Trinajstić information content (AvgIpc) is 3.00. The van der Waals surface area contributed by atoms with Crippen LogP contribution in [-0.4, -0.2) is 55.2 Å². The summed E-state index contributed by atoms with van der Waals surface area (Å²) < 4.78 is 1.80. The van der Waals surface area contributed by atoms with Crippen molar-refractivity contribution in [2.75, 3.05) is 24.5 Å². The minimum absolute atomic E-state index is 0.000497. The molecule has 2 saturated heterocycles. The number of hydrogen-bond donors (Lipinski definition) is 1. The number of nitrogens with zero attached hydrogens (tertiary/aromatic N) is 4. The highest BCUT2D eigenvalue weighted by Gasteiger charge is 2.33. The van der Waals surface area contributed by atoms with Gasteiger partial charge in [-0.2, -0.15) is 0 Å². The van der Waals surface area contributed by atoms with E-state index in [0.717, 1.165) is 36.8 Å². The van der Waals surface area contributed by atoms with Crippen LogP contribution in [0.2, 0.25) is 0 Å². The normalized spacial score (nSPS) is 22.6. The first-order valence-corrected chi connectivity index (χ1v) is 12.1. The Kier molecular flexibility index (Phi) is 6.58. The van der Waals surface area contributed by atoms with Gasteiger partial charge < -0.3 is 10.0 Å². The lowest BCUT2D eigenvalue weighted by molar-refractivity contribution is -0.137. The molecule has 4 heterocycles. The van der Waals surface area contributed by atoms with Crippen molar-refractivity contribution in [1.82, 2.24) is 14.3 Å². The molecule has 4 rings (SSSR count). The number of carbonyl (C=O) groups excluding carboxylic acids is 1. The molecular formula is C23H26N4O4S2. The molecule has 0 radical (unpaired) electrons. The summed E-state index contributed by atoms with van der Waals surface area (Å²) in [6, 6.07) is 3.71. The number of amides is 1. The van der Waals surface area contributed by atoms with Crippen molar-refractivity contribution < 1.29 is 14.7 Å². The van der Waals surface area contributed by atoms with E-state index in [1.807, 2.05) is 13.0 Å². The molecule has 0 saturated carbocycles. The number of hydrogen-bond acceptors (Lipinski definition) is 7. The lowest BCUT2D eigenvalue weighted by Crippen LogP contribution is -2.40. The Balaban J connectivity index is 1.83. The van der Waals surface area contributed by atoms with Crippen LogP contribution in [0.15, 0.2) is 28.0 Å². The van der Waals surface area contributed by atoms with Gasteiger partial charge in [-0.25, -0.2) is 4.98 Å². The van der Waals surface area contributed by atoms with E-state index in [-0.39, 0.29) is 24.4 Å². The van der Waals surface area contributed by atoms with E-state index < -0.39 is 5.97 Å². The van der Waals surface area contributed by atoms with Crippen LogP contribution < -0.4 is 10.5 Å². The summed E-state index contributed by atoms with van der Waals surface area (Å²) in [6.07, 6.45) is 4.16. The summed E-state index contributed by atoms with van der Waals surface area (Å²) in [5.74, 6) is 0.0896. The van der Waals surface area contributed by atoms with Crippen molar-refractivity contribution in [3.8, 4) is 0 Å². The monoisotopic (exact) mass is 486 g/mol. The second-order valence-electron chi connectivity index (χ2n) is 8.87. The topological polar surface area (TPSA) is 95.2 Å². The number of aromatic nitrogens is 2. The SMILES string of the molecule is Cc1cccn2c(=O)c(C=C3SC(=S)N(CCC(=O)O)C3=O)c(N3CC(C)CC(C)C3)nc12. The summed E-state index contributed by atoms with van der Waals surface area (Å²) in [7, 11) is 0. The third-order valence-electron chi connectivity index (χ3n) is 5.93. The number of aliphatic carboxylic acids is 1. The van der Waals surface area contributed by atoms with Crippen LogP contribution in [0.5, 0.6) is 0 Å². The van der Waals surface area contributed by atoms with E-state index in [9.17, 15) is 14.4 Å². The third kappa shape index (κ3) is 4.67. The molecule has 2 aliphatic heterocycles. The molecule has 2 atom stereocenters. The van der Waals surface area contributed by atoms with Gasteiger partial charge in [0, 0.05) is 25.8 Å². The Morgan fingerprint density at radius 2 is 2.00 bits per heavy atom. The maximum atomic E-state index is 13.6. The number of thioether (sulfide) groups is 1. The number of aryl methyl sites for hydroxylation is 1. The Hall–Kier alpha value is -2.72. The summed E-state index contributed by atoms with van der Waals surface area (Å²) in [5, 5.41) is 8.97. The lowest BCUT2D eigenvalue weighted by Gasteiger charge is -2.36. The number of thiocarbonyl (C=S) groups is 1. The molecule has 10 heteroatoms. The molecule has 33 heavy (non-hydrogen) atoms. The van der Waals surface area contributed by atoms with E-state index in [1.165, 1.54) is 9.30 Å². The van der Waals surface area contributed by atoms with Crippen molar-refractivity contribution >= 4 is 57.7 Å². The van der Waals surface area contributed by atoms with Gasteiger partial charge >= 0.3 is 5.97 Å². The van der Waals surface area contributed by atoms with Crippen LogP contribution in [0.4, 0.5) is 5.82 Å². The fourth-order valence-electron chi connectivity index (χ4n) is 4.53. The van der Waals surface area contributed by atoms with Gasteiger partial charge in [0.05, 0.1) is 16.9 Å². The average molecular weight is 487 g/mol. The number of carbonyl (C=O) groups is 2. The van der Waals surface area contributed by atoms with Gasteiger partial charge in [0.2, 0.25) is 0 Å². The minimum atomic E-state index is -1.00. The molecule has 2 fully saturated rings. The number of fused-ring (bicyclic) bond motifs is 1. The van der Waals surface area contributed by atoms with E-state index in [2.05, 4.69) is 18.7 Å². The molecule has 1 amide bonds. The Morgan fingerprint density at radius 3 is 2.67 bits per heavy atom. The second kappa shape index (κ2) is 9.26. The third-order valence-corrected chi connectivity index (χ3v) is 7.31. The van der Waals surface area contributed by atoms with Crippen LogP contribution in [0.25, 0.3) is 11.7 Å². The highest BCUT2D eigenvalue weighted by molar-refractivity contribution is 8.26. The van der Waals surface area contributed by atoms with E-state index in [1.54, 1.807) is 18.3 Å². The first kappa shape index (κ1) is 23.4. The highest BCUT2D eigenvalue weighted by atomic mass is 32.2. The minimum Gasteiger partial charge on any atom is -0.481 e. The van der Waals surface area contributed by atoms with Gasteiger partial charge in [-0.15, -0.1) is 0 Å². The molecule has 2 aromatic heterocycles. The van der Waals surface area contributed by atoms with Gasteiger partial charge in [-0.05, 0) is 42.9 Å². The standard InChI is InChI=1S/C23H26N4O4S2/c1-13-9-14(2)12-25(11-13)20-16(21(30)26-7-4-5-15(3)19(26)24-20)10-17-22(31)27(23(32)33-17)8-6-18(28)29/h4-5,7,10,13-14H,6,8-9,11-12H2,1-3H3,(H,28,29). The van der Waals surface area contributed by atoms with Crippen LogP contribution >= 0.6 is 24.0 Å². The molecule has 1 N–H and O–H groups in total. The summed E-state index contributed by atoms with van der Waals surface area (Å²) in [6.45, 7) is 7.85. The maximum Gasteiger partial charge on any atom is 0.305 e. The molecule has 2 aliphatic rings. The van der Waals surface area contributed by atoms with Crippen molar-refractivity contribution in [2.45, 2.75) is 33.6 Å². The molecule has 8 nitrogen and oxygen atoms in total. The smallest absolute Gasteiger partial charge is 0.305 e. The fraction of sp³-hybridized carbons (Fsp3) is 0.435. The van der Waals surface area contributed by atoms with Crippen LogP contribution in [-0.2, 0) is 9.59 Å². The zero-order valence-corrected chi connectivity index (χ0v) is 20.4. The number of rotatable bonds is 5. The zero-order valence-electron chi connectivity index (χ0n) is 18.8. The van der Waals surface area contributed by atoms with E-state index in [4.69, 9.17) is 22.3 Å². The van der Waals surface area contributed by atoms with Crippen molar-refractivity contribution in [1.29, 1.82) is 0 Å². The highest BCUT2D eigenvalue weighted by Crippen LogP contribution is 2.34. The molecule has 2 unspecified atom stereocenters. The Morgan fingerprint density at radius 1 is 1.30 bits per heavy atom. The fourth-order valence-corrected chi connectivity index (χ4v) is 5.83. The van der Waals surface area contributed by atoms with E-state index >= 15 is 0 Å². The number of piperidine rings is 1. The van der Waals surface area contributed by atoms with Gasteiger partial charge in [-0.1, -0.05) is 43.9 Å². The van der Waals surface area contributed by atoms with Crippen molar-refractivity contribution in [3.05, 3.63) is 44.7 Å². The number of carboxylic acid groups (broad SMARTS) is 1. The predicted octanol–water partition coefficient (Wildman–Crippen LogP) is 3.16. The summed E-state index contributed by atoms with van der Waals surface area (Å²) in [4.78, 5) is 46.1. The van der Waals surface area contributed by atoms with Crippen LogP contribution in [0, 0.1) is 18.8 Å². The molecule has 0 bridgehead atoms. The Labute approximate surface area is 201 Å². The molecule has 0 spiro atoms. The van der Waals surface area contributed by atoms with Crippen molar-refractivity contribution in [2.24, 2.45) is 11.8 Å². The largest absolute Gasteiger partial charge is 0.481 e. The molecule has 174 valence electrons. The molecule has 0 aromatic carbocycles. The first-order valence-electron chi connectivity index (χ1n) is 10.9.